The molecule has 100 valence electrons. The Bertz CT molecular complexity index is 229. The third kappa shape index (κ3) is 5.77. The molecule has 1 heterocycles. The van der Waals surface area contributed by atoms with E-state index in [1.54, 1.807) is 11.8 Å². The van der Waals surface area contributed by atoms with Gasteiger partial charge in [-0.2, -0.15) is 0 Å². The topological polar surface area (TPSA) is 32.3 Å². The lowest BCUT2D eigenvalue weighted by atomic mass is 10.2. The average Bonchev–Trinajstić information content (AvgIpc) is 2.79. The lowest BCUT2D eigenvalue weighted by molar-refractivity contribution is -0.127. The molecule has 3 nitrogen and oxygen atoms in total. The zero-order chi connectivity index (χ0) is 12.7. The number of carbonyl (C=O) groups excluding carboxylic acids is 1. The molecule has 0 saturated carbocycles. The van der Waals surface area contributed by atoms with Crippen molar-refractivity contribution in [3.63, 3.8) is 0 Å². The number of rotatable bonds is 7. The van der Waals surface area contributed by atoms with Crippen LogP contribution in [0.2, 0.25) is 0 Å². The number of hydrogen-bond acceptors (Lipinski definition) is 3. The summed E-state index contributed by atoms with van der Waals surface area (Å²) in [6.07, 6.45) is 3.50. The van der Waals surface area contributed by atoms with Crippen molar-refractivity contribution in [2.75, 3.05) is 25.4 Å². The zero-order valence-electron chi connectivity index (χ0n) is 11.4. The number of nitrogens with one attached hydrogen (secondary N) is 1. The quantitative estimate of drug-likeness (QED) is 0.759. The van der Waals surface area contributed by atoms with Crippen LogP contribution < -0.4 is 5.32 Å². The van der Waals surface area contributed by atoms with Crippen LogP contribution in [0.1, 0.15) is 40.0 Å². The summed E-state index contributed by atoms with van der Waals surface area (Å²) in [6.45, 7) is 9.53. The maximum Gasteiger partial charge on any atom is 0.232 e. The van der Waals surface area contributed by atoms with E-state index in [1.165, 1.54) is 12.8 Å². The number of likely N-dealkylation sites (tertiary alicyclic amines) is 1. The van der Waals surface area contributed by atoms with E-state index < -0.39 is 0 Å². The highest BCUT2D eigenvalue weighted by Gasteiger charge is 2.18. The van der Waals surface area contributed by atoms with Crippen molar-refractivity contribution in [3.8, 4) is 0 Å². The fourth-order valence-electron chi connectivity index (χ4n) is 2.27. The van der Waals surface area contributed by atoms with E-state index in [2.05, 4.69) is 26.1 Å². The smallest absolute Gasteiger partial charge is 0.232 e. The molecule has 2 unspecified atom stereocenters. The average molecular weight is 258 g/mol. The lowest BCUT2D eigenvalue weighted by Gasteiger charge is -2.19. The van der Waals surface area contributed by atoms with Crippen molar-refractivity contribution >= 4 is 17.7 Å². The molecule has 0 aromatic heterocycles. The van der Waals surface area contributed by atoms with E-state index in [-0.39, 0.29) is 0 Å². The van der Waals surface area contributed by atoms with Gasteiger partial charge >= 0.3 is 0 Å². The summed E-state index contributed by atoms with van der Waals surface area (Å²) < 4.78 is 0. The van der Waals surface area contributed by atoms with Crippen LogP contribution in [0.4, 0.5) is 0 Å². The number of hydrogen-bond donors (Lipinski definition) is 1. The van der Waals surface area contributed by atoms with E-state index in [0.29, 0.717) is 23.0 Å². The molecule has 0 radical (unpaired) electrons. The highest BCUT2D eigenvalue weighted by molar-refractivity contribution is 8.00. The Morgan fingerprint density at radius 2 is 2.00 bits per heavy atom. The molecular weight excluding hydrogens is 232 g/mol. The predicted octanol–water partition coefficient (Wildman–Crippen LogP) is 2.12. The molecule has 4 heteroatoms. The van der Waals surface area contributed by atoms with Gasteiger partial charge in [0.2, 0.25) is 5.91 Å². The monoisotopic (exact) mass is 258 g/mol. The minimum atomic E-state index is 0.329. The van der Waals surface area contributed by atoms with Gasteiger partial charge < -0.3 is 10.2 Å². The third-order valence-electron chi connectivity index (χ3n) is 3.19. The summed E-state index contributed by atoms with van der Waals surface area (Å²) in [5.74, 6) is 0.982. The van der Waals surface area contributed by atoms with Crippen molar-refractivity contribution in [2.24, 2.45) is 0 Å². The molecule has 0 aliphatic carbocycles. The summed E-state index contributed by atoms with van der Waals surface area (Å²) in [5, 5.41) is 3.96. The van der Waals surface area contributed by atoms with Gasteiger partial charge in [0.05, 0.1) is 5.75 Å². The third-order valence-corrected chi connectivity index (χ3v) is 4.36. The van der Waals surface area contributed by atoms with Crippen LogP contribution in [0.15, 0.2) is 0 Å². The SMILES string of the molecule is CCNC(C)CC(C)SCC(=O)N1CCCC1. The molecule has 1 amide bonds. The number of carbonyl (C=O) groups is 1. The van der Waals surface area contributed by atoms with E-state index >= 15 is 0 Å². The first kappa shape index (κ1) is 14.8. The fourth-order valence-corrected chi connectivity index (χ4v) is 3.30. The second-order valence-corrected chi connectivity index (χ2v) is 6.33. The molecule has 1 saturated heterocycles. The first-order valence-corrected chi connectivity index (χ1v) is 7.81. The zero-order valence-corrected chi connectivity index (χ0v) is 12.2. The van der Waals surface area contributed by atoms with Crippen LogP contribution in [-0.2, 0) is 4.79 Å². The van der Waals surface area contributed by atoms with Crippen molar-refractivity contribution in [1.29, 1.82) is 0 Å². The van der Waals surface area contributed by atoms with Crippen molar-refractivity contribution in [1.82, 2.24) is 10.2 Å². The van der Waals surface area contributed by atoms with Crippen molar-refractivity contribution < 1.29 is 4.79 Å². The van der Waals surface area contributed by atoms with Gasteiger partial charge in [0.1, 0.15) is 0 Å². The molecule has 2 atom stereocenters. The van der Waals surface area contributed by atoms with Crippen LogP contribution in [-0.4, -0.2) is 47.5 Å². The number of amides is 1. The van der Waals surface area contributed by atoms with E-state index in [1.807, 2.05) is 4.90 Å². The molecule has 1 aliphatic heterocycles. The molecule has 1 aliphatic rings. The summed E-state index contributed by atoms with van der Waals surface area (Å²) in [4.78, 5) is 13.9. The normalized spacial score (nSPS) is 19.4. The standard InChI is InChI=1S/C13H26N2OS/c1-4-14-11(2)9-12(3)17-10-13(16)15-7-5-6-8-15/h11-12,14H,4-10H2,1-3H3. The van der Waals surface area contributed by atoms with Gasteiger partial charge in [-0.25, -0.2) is 0 Å². The van der Waals surface area contributed by atoms with Crippen LogP contribution >= 0.6 is 11.8 Å². The van der Waals surface area contributed by atoms with Gasteiger partial charge in [0.25, 0.3) is 0 Å². The molecule has 0 spiro atoms. The van der Waals surface area contributed by atoms with E-state index in [9.17, 15) is 4.79 Å². The van der Waals surface area contributed by atoms with Crippen LogP contribution in [0.25, 0.3) is 0 Å². The second kappa shape index (κ2) is 7.98. The summed E-state index contributed by atoms with van der Waals surface area (Å²) in [5.41, 5.74) is 0. The lowest BCUT2D eigenvalue weighted by Crippen LogP contribution is -2.31. The molecule has 1 rings (SSSR count). The Labute approximate surface area is 110 Å². The first-order valence-electron chi connectivity index (χ1n) is 6.76. The highest BCUT2D eigenvalue weighted by Crippen LogP contribution is 2.18. The molecular formula is C13H26N2OS. The highest BCUT2D eigenvalue weighted by atomic mass is 32.2. The van der Waals surface area contributed by atoms with Gasteiger partial charge in [0.15, 0.2) is 0 Å². The molecule has 17 heavy (non-hydrogen) atoms. The van der Waals surface area contributed by atoms with Crippen LogP contribution in [0.5, 0.6) is 0 Å². The molecule has 0 bridgehead atoms. The van der Waals surface area contributed by atoms with E-state index in [0.717, 1.165) is 26.1 Å². The van der Waals surface area contributed by atoms with Gasteiger partial charge in [-0.15, -0.1) is 11.8 Å². The fraction of sp³-hybridized carbons (Fsp3) is 0.923. The molecule has 0 aromatic rings. The van der Waals surface area contributed by atoms with Gasteiger partial charge in [-0.3, -0.25) is 4.79 Å². The Hall–Kier alpha value is -0.220. The Morgan fingerprint density at radius 1 is 1.35 bits per heavy atom. The number of thioether (sulfide) groups is 1. The molecule has 0 aromatic carbocycles. The predicted molar refractivity (Wildman–Crippen MR) is 75.5 cm³/mol. The Balaban J connectivity index is 2.13. The van der Waals surface area contributed by atoms with Crippen molar-refractivity contribution in [2.45, 2.75) is 51.3 Å². The van der Waals surface area contributed by atoms with E-state index in [4.69, 9.17) is 0 Å². The Morgan fingerprint density at radius 3 is 2.59 bits per heavy atom. The maximum absolute atomic E-state index is 11.9. The molecule has 1 fully saturated rings. The second-order valence-electron chi connectivity index (χ2n) is 4.90. The van der Waals surface area contributed by atoms with Crippen LogP contribution in [0, 0.1) is 0 Å². The molecule has 1 N–H and O–H groups in total. The van der Waals surface area contributed by atoms with Crippen LogP contribution in [0.3, 0.4) is 0 Å². The number of nitrogens with zero attached hydrogens (tertiary/aromatic N) is 1. The minimum Gasteiger partial charge on any atom is -0.342 e. The van der Waals surface area contributed by atoms with Gasteiger partial charge in [0, 0.05) is 24.4 Å². The van der Waals surface area contributed by atoms with Crippen molar-refractivity contribution in [3.05, 3.63) is 0 Å². The van der Waals surface area contributed by atoms with Gasteiger partial charge in [-0.1, -0.05) is 13.8 Å². The largest absolute Gasteiger partial charge is 0.342 e. The first-order chi connectivity index (χ1) is 8.13. The minimum absolute atomic E-state index is 0.329. The van der Waals surface area contributed by atoms with Gasteiger partial charge in [-0.05, 0) is 32.7 Å². The Kier molecular flexibility index (Phi) is 6.97. The maximum atomic E-state index is 11.9. The summed E-state index contributed by atoms with van der Waals surface area (Å²) in [7, 11) is 0. The summed E-state index contributed by atoms with van der Waals surface area (Å²) in [6, 6.07) is 0.546. The summed E-state index contributed by atoms with van der Waals surface area (Å²) >= 11 is 1.79.